The number of rotatable bonds is 2. The van der Waals surface area contributed by atoms with Crippen LogP contribution in [0.2, 0.25) is 0 Å². The monoisotopic (exact) mass is 285 g/mol. The number of fused-ring (bicyclic) bond motifs is 1. The number of nitrogens with zero attached hydrogens (tertiary/aromatic N) is 2. The van der Waals surface area contributed by atoms with Gasteiger partial charge in [-0.1, -0.05) is 18.2 Å². The Labute approximate surface area is 123 Å². The molecular weight excluding hydrogens is 266 g/mol. The highest BCUT2D eigenvalue weighted by atomic mass is 16.5. The number of anilines is 1. The second-order valence-corrected chi connectivity index (χ2v) is 5.36. The van der Waals surface area contributed by atoms with Gasteiger partial charge in [-0.3, -0.25) is 0 Å². The van der Waals surface area contributed by atoms with Crippen LogP contribution >= 0.6 is 0 Å². The Hall–Kier alpha value is -2.14. The summed E-state index contributed by atoms with van der Waals surface area (Å²) < 4.78 is 4.80. The number of para-hydroxylation sites is 1. The summed E-state index contributed by atoms with van der Waals surface area (Å²) in [5, 5.41) is 1.06. The Morgan fingerprint density at radius 1 is 1.33 bits per heavy atom. The third kappa shape index (κ3) is 2.69. The van der Waals surface area contributed by atoms with Gasteiger partial charge in [0.15, 0.2) is 5.69 Å². The van der Waals surface area contributed by atoms with E-state index in [0.29, 0.717) is 5.69 Å². The lowest BCUT2D eigenvalue weighted by Crippen LogP contribution is -2.39. The molecule has 0 radical (unpaired) electrons. The number of esters is 1. The molecule has 1 aromatic heterocycles. The number of carbonyl (C=O) groups excluding carboxylic acids is 1. The van der Waals surface area contributed by atoms with Gasteiger partial charge in [-0.15, -0.1) is 0 Å². The first-order chi connectivity index (χ1) is 10.2. The summed E-state index contributed by atoms with van der Waals surface area (Å²) in [5.41, 5.74) is 8.17. The van der Waals surface area contributed by atoms with Crippen molar-refractivity contribution in [3.8, 4) is 0 Å². The second kappa shape index (κ2) is 5.69. The van der Waals surface area contributed by atoms with Crippen molar-refractivity contribution in [2.24, 2.45) is 5.73 Å². The van der Waals surface area contributed by atoms with Gasteiger partial charge in [0, 0.05) is 30.2 Å². The zero-order valence-corrected chi connectivity index (χ0v) is 12.1. The maximum absolute atomic E-state index is 11.8. The normalized spacial score (nSPS) is 16.2. The van der Waals surface area contributed by atoms with Crippen molar-refractivity contribution in [1.82, 2.24) is 4.98 Å². The summed E-state index contributed by atoms with van der Waals surface area (Å²) in [6.07, 6.45) is 1.93. The van der Waals surface area contributed by atoms with Crippen LogP contribution < -0.4 is 10.6 Å². The van der Waals surface area contributed by atoms with Crippen LogP contribution in [0.5, 0.6) is 0 Å². The lowest BCUT2D eigenvalue weighted by atomic mass is 10.0. The van der Waals surface area contributed by atoms with Crippen LogP contribution in [-0.2, 0) is 4.74 Å². The van der Waals surface area contributed by atoms with Gasteiger partial charge in [0.1, 0.15) is 0 Å². The maximum Gasteiger partial charge on any atom is 0.356 e. The number of methoxy groups -OCH3 is 1. The molecule has 1 saturated heterocycles. The van der Waals surface area contributed by atoms with E-state index in [4.69, 9.17) is 10.5 Å². The Morgan fingerprint density at radius 3 is 2.76 bits per heavy atom. The van der Waals surface area contributed by atoms with Gasteiger partial charge in [0.2, 0.25) is 0 Å². The van der Waals surface area contributed by atoms with Crippen molar-refractivity contribution in [3.63, 3.8) is 0 Å². The maximum atomic E-state index is 11.8. The highest BCUT2D eigenvalue weighted by Crippen LogP contribution is 2.29. The molecule has 1 aliphatic rings. The molecule has 0 saturated carbocycles. The first-order valence-electron chi connectivity index (χ1n) is 7.17. The molecule has 0 unspecified atom stereocenters. The number of aromatic nitrogens is 1. The predicted octanol–water partition coefficient (Wildman–Crippen LogP) is 1.95. The molecule has 3 rings (SSSR count). The fourth-order valence-corrected chi connectivity index (χ4v) is 2.77. The number of benzene rings is 1. The molecule has 0 atom stereocenters. The minimum atomic E-state index is -0.407. The molecule has 0 bridgehead atoms. The van der Waals surface area contributed by atoms with Crippen LogP contribution in [0.15, 0.2) is 30.3 Å². The van der Waals surface area contributed by atoms with Crippen molar-refractivity contribution in [1.29, 1.82) is 0 Å². The van der Waals surface area contributed by atoms with Gasteiger partial charge in [-0.25, -0.2) is 9.78 Å². The molecule has 2 aromatic rings. The average Bonchev–Trinajstić information content (AvgIpc) is 2.54. The van der Waals surface area contributed by atoms with Crippen molar-refractivity contribution in [3.05, 3.63) is 36.0 Å². The van der Waals surface area contributed by atoms with Crippen molar-refractivity contribution in [2.75, 3.05) is 25.1 Å². The first kappa shape index (κ1) is 13.8. The summed E-state index contributed by atoms with van der Waals surface area (Å²) in [5.74, 6) is -0.407. The number of hydrogen-bond acceptors (Lipinski definition) is 5. The number of hydrogen-bond donors (Lipinski definition) is 1. The van der Waals surface area contributed by atoms with Crippen molar-refractivity contribution >= 4 is 22.6 Å². The van der Waals surface area contributed by atoms with E-state index in [9.17, 15) is 4.79 Å². The second-order valence-electron chi connectivity index (χ2n) is 5.36. The topological polar surface area (TPSA) is 68.5 Å². The van der Waals surface area contributed by atoms with E-state index in [1.54, 1.807) is 0 Å². The smallest absolute Gasteiger partial charge is 0.356 e. The van der Waals surface area contributed by atoms with E-state index in [1.165, 1.54) is 7.11 Å². The van der Waals surface area contributed by atoms with Crippen LogP contribution in [-0.4, -0.2) is 37.2 Å². The van der Waals surface area contributed by atoms with Crippen molar-refractivity contribution < 1.29 is 9.53 Å². The lowest BCUT2D eigenvalue weighted by molar-refractivity contribution is 0.0594. The van der Waals surface area contributed by atoms with E-state index in [1.807, 2.05) is 30.3 Å². The van der Waals surface area contributed by atoms with E-state index in [0.717, 1.165) is 42.5 Å². The van der Waals surface area contributed by atoms with Gasteiger partial charge in [-0.2, -0.15) is 0 Å². The van der Waals surface area contributed by atoms with Gasteiger partial charge in [0.05, 0.1) is 12.6 Å². The lowest BCUT2D eigenvalue weighted by Gasteiger charge is -2.32. The summed E-state index contributed by atoms with van der Waals surface area (Å²) >= 11 is 0. The predicted molar refractivity (Wildman–Crippen MR) is 82.5 cm³/mol. The third-order valence-corrected chi connectivity index (χ3v) is 3.97. The summed E-state index contributed by atoms with van der Waals surface area (Å²) in [6.45, 7) is 1.80. The molecular formula is C16H19N3O2. The number of nitrogens with two attached hydrogens (primary N) is 1. The molecule has 21 heavy (non-hydrogen) atoms. The highest BCUT2D eigenvalue weighted by Gasteiger charge is 2.20. The summed E-state index contributed by atoms with van der Waals surface area (Å²) in [6, 6.07) is 9.96. The molecule has 0 spiro atoms. The van der Waals surface area contributed by atoms with E-state index in [2.05, 4.69) is 9.88 Å². The zero-order valence-electron chi connectivity index (χ0n) is 12.1. The van der Waals surface area contributed by atoms with Crippen LogP contribution in [0, 0.1) is 0 Å². The molecule has 2 heterocycles. The minimum absolute atomic E-state index is 0.273. The highest BCUT2D eigenvalue weighted by molar-refractivity contribution is 5.98. The van der Waals surface area contributed by atoms with Crippen LogP contribution in [0.3, 0.4) is 0 Å². The zero-order chi connectivity index (χ0) is 14.8. The minimum Gasteiger partial charge on any atom is -0.464 e. The first-order valence-corrected chi connectivity index (χ1v) is 7.17. The molecule has 5 nitrogen and oxygen atoms in total. The Balaban J connectivity index is 2.08. The quantitative estimate of drug-likeness (QED) is 0.854. The Kier molecular flexibility index (Phi) is 3.75. The Morgan fingerprint density at radius 2 is 2.05 bits per heavy atom. The Bertz CT molecular complexity index is 664. The molecule has 0 amide bonds. The van der Waals surface area contributed by atoms with Gasteiger partial charge < -0.3 is 15.4 Å². The molecule has 110 valence electrons. The number of ether oxygens (including phenoxy) is 1. The SMILES string of the molecule is COC(=O)c1cc(N2CCC(N)CC2)c2ccccc2n1. The fraction of sp³-hybridized carbons (Fsp3) is 0.375. The molecule has 2 N–H and O–H groups in total. The standard InChI is InChI=1S/C16H19N3O2/c1-21-16(20)14-10-15(19-8-6-11(17)7-9-19)12-4-2-3-5-13(12)18-14/h2-5,10-11H,6-9,17H2,1H3. The van der Waals surface area contributed by atoms with E-state index >= 15 is 0 Å². The number of piperidine rings is 1. The molecule has 1 aliphatic heterocycles. The van der Waals surface area contributed by atoms with Crippen LogP contribution in [0.1, 0.15) is 23.3 Å². The van der Waals surface area contributed by atoms with Crippen molar-refractivity contribution in [2.45, 2.75) is 18.9 Å². The van der Waals surface area contributed by atoms with Gasteiger partial charge >= 0.3 is 5.97 Å². The van der Waals surface area contributed by atoms with Gasteiger partial charge in [0.25, 0.3) is 0 Å². The third-order valence-electron chi connectivity index (χ3n) is 3.97. The summed E-state index contributed by atoms with van der Waals surface area (Å²) in [4.78, 5) is 18.5. The van der Waals surface area contributed by atoms with Crippen LogP contribution in [0.25, 0.3) is 10.9 Å². The number of carbonyl (C=O) groups is 1. The molecule has 1 fully saturated rings. The van der Waals surface area contributed by atoms with Gasteiger partial charge in [-0.05, 0) is 25.0 Å². The largest absolute Gasteiger partial charge is 0.464 e. The average molecular weight is 285 g/mol. The fourth-order valence-electron chi connectivity index (χ4n) is 2.77. The molecule has 5 heteroatoms. The van der Waals surface area contributed by atoms with E-state index in [-0.39, 0.29) is 6.04 Å². The van der Waals surface area contributed by atoms with Crippen LogP contribution in [0.4, 0.5) is 5.69 Å². The number of pyridine rings is 1. The molecule has 1 aromatic carbocycles. The molecule has 0 aliphatic carbocycles. The van der Waals surface area contributed by atoms with E-state index < -0.39 is 5.97 Å². The summed E-state index contributed by atoms with van der Waals surface area (Å²) in [7, 11) is 1.37.